The SMILES string of the molecule is CC1CCCC(CNC2CCCC(N3CNNC3)C2)C1Cl. The molecule has 1 saturated heterocycles. The molecular weight excluding hydrogens is 284 g/mol. The number of hydrazine groups is 1. The third-order valence-electron chi connectivity index (χ3n) is 5.75. The van der Waals surface area contributed by atoms with E-state index in [0.717, 1.165) is 25.9 Å². The second kappa shape index (κ2) is 7.60. The van der Waals surface area contributed by atoms with Crippen LogP contribution in [0, 0.1) is 11.8 Å². The van der Waals surface area contributed by atoms with Crippen LogP contribution < -0.4 is 16.2 Å². The summed E-state index contributed by atoms with van der Waals surface area (Å²) >= 11 is 6.62. The van der Waals surface area contributed by atoms with Crippen LogP contribution in [0.3, 0.4) is 0 Å². The summed E-state index contributed by atoms with van der Waals surface area (Å²) in [5, 5.41) is 4.22. The highest BCUT2D eigenvalue weighted by Gasteiger charge is 2.31. The van der Waals surface area contributed by atoms with Gasteiger partial charge in [-0.15, -0.1) is 11.6 Å². The lowest BCUT2D eigenvalue weighted by atomic mass is 9.81. The van der Waals surface area contributed by atoms with Crippen LogP contribution in [0.15, 0.2) is 0 Å². The monoisotopic (exact) mass is 314 g/mol. The van der Waals surface area contributed by atoms with Gasteiger partial charge in [0.1, 0.15) is 0 Å². The average Bonchev–Trinajstić information content (AvgIpc) is 3.03. The van der Waals surface area contributed by atoms with Crippen molar-refractivity contribution in [3.05, 3.63) is 0 Å². The van der Waals surface area contributed by atoms with E-state index in [1.807, 2.05) is 0 Å². The van der Waals surface area contributed by atoms with Crippen molar-refractivity contribution in [3.63, 3.8) is 0 Å². The molecule has 2 saturated carbocycles. The summed E-state index contributed by atoms with van der Waals surface area (Å²) in [4.78, 5) is 2.53. The Kier molecular flexibility index (Phi) is 5.79. The molecule has 0 aromatic rings. The van der Waals surface area contributed by atoms with Crippen molar-refractivity contribution in [1.29, 1.82) is 0 Å². The smallest absolute Gasteiger partial charge is 0.0629 e. The number of hydrogen-bond donors (Lipinski definition) is 3. The molecule has 122 valence electrons. The summed E-state index contributed by atoms with van der Waals surface area (Å²) in [7, 11) is 0. The maximum absolute atomic E-state index is 6.62. The average molecular weight is 315 g/mol. The Morgan fingerprint density at radius 2 is 1.86 bits per heavy atom. The highest BCUT2D eigenvalue weighted by molar-refractivity contribution is 6.21. The van der Waals surface area contributed by atoms with E-state index in [1.54, 1.807) is 0 Å². The molecule has 5 heteroatoms. The Bertz CT molecular complexity index is 321. The zero-order valence-electron chi connectivity index (χ0n) is 13.3. The molecule has 5 atom stereocenters. The summed E-state index contributed by atoms with van der Waals surface area (Å²) in [6, 6.07) is 1.42. The lowest BCUT2D eigenvalue weighted by Crippen LogP contribution is -2.46. The Balaban J connectivity index is 1.44. The molecule has 0 bridgehead atoms. The fraction of sp³-hybridized carbons (Fsp3) is 1.00. The number of rotatable bonds is 4. The van der Waals surface area contributed by atoms with Gasteiger partial charge in [0.2, 0.25) is 0 Å². The fourth-order valence-corrected chi connectivity index (χ4v) is 4.67. The molecule has 0 amide bonds. The fourth-order valence-electron chi connectivity index (χ4n) is 4.33. The highest BCUT2D eigenvalue weighted by atomic mass is 35.5. The largest absolute Gasteiger partial charge is 0.314 e. The second-order valence-electron chi connectivity index (χ2n) is 7.30. The van der Waals surface area contributed by atoms with Crippen LogP contribution in [0.5, 0.6) is 0 Å². The van der Waals surface area contributed by atoms with Crippen LogP contribution in [-0.4, -0.2) is 42.2 Å². The van der Waals surface area contributed by atoms with Crippen LogP contribution in [0.2, 0.25) is 0 Å². The van der Waals surface area contributed by atoms with E-state index < -0.39 is 0 Å². The maximum Gasteiger partial charge on any atom is 0.0629 e. The van der Waals surface area contributed by atoms with Crippen LogP contribution in [-0.2, 0) is 0 Å². The van der Waals surface area contributed by atoms with Crippen LogP contribution >= 0.6 is 11.6 Å². The number of alkyl halides is 1. The first-order valence-corrected chi connectivity index (χ1v) is 9.25. The zero-order chi connectivity index (χ0) is 14.7. The molecule has 3 N–H and O–H groups in total. The molecule has 1 aliphatic heterocycles. The normalized spacial score (nSPS) is 42.3. The predicted molar refractivity (Wildman–Crippen MR) is 88.0 cm³/mol. The van der Waals surface area contributed by atoms with Gasteiger partial charge in [-0.25, -0.2) is 10.9 Å². The molecule has 0 aromatic heterocycles. The van der Waals surface area contributed by atoms with E-state index in [-0.39, 0.29) is 0 Å². The van der Waals surface area contributed by atoms with Crippen molar-refractivity contribution in [3.8, 4) is 0 Å². The van der Waals surface area contributed by atoms with Crippen molar-refractivity contribution in [1.82, 2.24) is 21.1 Å². The standard InChI is InChI=1S/C16H31ClN4/c1-12-4-2-5-13(16(12)17)9-18-14-6-3-7-15(8-14)21-10-19-20-11-21/h12-16,18-20H,2-11H2,1H3. The van der Waals surface area contributed by atoms with Crippen molar-refractivity contribution < 1.29 is 0 Å². The van der Waals surface area contributed by atoms with Crippen molar-refractivity contribution in [2.24, 2.45) is 11.8 Å². The van der Waals surface area contributed by atoms with Crippen LogP contribution in [0.1, 0.15) is 51.9 Å². The molecule has 0 aromatic carbocycles. The minimum Gasteiger partial charge on any atom is -0.314 e. The van der Waals surface area contributed by atoms with Gasteiger partial charge >= 0.3 is 0 Å². The van der Waals surface area contributed by atoms with E-state index in [4.69, 9.17) is 11.6 Å². The van der Waals surface area contributed by atoms with Gasteiger partial charge in [0.15, 0.2) is 0 Å². The molecule has 2 aliphatic carbocycles. The van der Waals surface area contributed by atoms with E-state index in [1.165, 1.54) is 44.9 Å². The third kappa shape index (κ3) is 4.11. The lowest BCUT2D eigenvalue weighted by Gasteiger charge is -2.37. The quantitative estimate of drug-likeness (QED) is 0.696. The van der Waals surface area contributed by atoms with E-state index in [0.29, 0.717) is 23.3 Å². The van der Waals surface area contributed by atoms with Gasteiger partial charge in [0.25, 0.3) is 0 Å². The van der Waals surface area contributed by atoms with E-state index in [9.17, 15) is 0 Å². The highest BCUT2D eigenvalue weighted by Crippen LogP contribution is 2.33. The molecule has 4 nitrogen and oxygen atoms in total. The number of nitrogens with zero attached hydrogens (tertiary/aromatic N) is 1. The first-order chi connectivity index (χ1) is 10.2. The second-order valence-corrected chi connectivity index (χ2v) is 7.80. The van der Waals surface area contributed by atoms with Crippen molar-refractivity contribution >= 4 is 11.6 Å². The van der Waals surface area contributed by atoms with E-state index in [2.05, 4.69) is 28.0 Å². The molecule has 21 heavy (non-hydrogen) atoms. The van der Waals surface area contributed by atoms with Gasteiger partial charge in [0, 0.05) is 17.5 Å². The molecule has 0 spiro atoms. The molecule has 1 heterocycles. The number of nitrogens with one attached hydrogen (secondary N) is 3. The molecule has 3 fully saturated rings. The summed E-state index contributed by atoms with van der Waals surface area (Å²) in [5.74, 6) is 1.36. The van der Waals surface area contributed by atoms with Gasteiger partial charge in [0.05, 0.1) is 13.3 Å². The van der Waals surface area contributed by atoms with Gasteiger partial charge in [-0.1, -0.05) is 19.8 Å². The maximum atomic E-state index is 6.62. The lowest BCUT2D eigenvalue weighted by molar-refractivity contribution is 0.159. The molecule has 5 unspecified atom stereocenters. The van der Waals surface area contributed by atoms with E-state index >= 15 is 0 Å². The molecule has 0 radical (unpaired) electrons. The summed E-state index contributed by atoms with van der Waals surface area (Å²) in [6.45, 7) is 5.41. The number of hydrogen-bond acceptors (Lipinski definition) is 4. The van der Waals surface area contributed by atoms with Gasteiger partial charge < -0.3 is 5.32 Å². The summed E-state index contributed by atoms with van der Waals surface area (Å²) in [6.07, 6.45) is 9.30. The summed E-state index contributed by atoms with van der Waals surface area (Å²) in [5.41, 5.74) is 6.43. The van der Waals surface area contributed by atoms with Crippen LogP contribution in [0.4, 0.5) is 0 Å². The minimum atomic E-state index is 0.373. The predicted octanol–water partition coefficient (Wildman–Crippen LogP) is 2.26. The van der Waals surface area contributed by atoms with Crippen LogP contribution in [0.25, 0.3) is 0 Å². The van der Waals surface area contributed by atoms with Gasteiger partial charge in [-0.3, -0.25) is 4.90 Å². The third-order valence-corrected chi connectivity index (χ3v) is 6.54. The summed E-state index contributed by atoms with van der Waals surface area (Å²) < 4.78 is 0. The Labute approximate surface area is 134 Å². The molecular formula is C16H31ClN4. The first-order valence-electron chi connectivity index (χ1n) is 8.81. The Hall–Kier alpha value is 0.130. The minimum absolute atomic E-state index is 0.373. The number of halogens is 1. The Morgan fingerprint density at radius 1 is 1.10 bits per heavy atom. The zero-order valence-corrected chi connectivity index (χ0v) is 14.0. The first kappa shape index (κ1) is 16.0. The molecule has 3 aliphatic rings. The topological polar surface area (TPSA) is 39.3 Å². The van der Waals surface area contributed by atoms with Crippen molar-refractivity contribution in [2.45, 2.75) is 69.3 Å². The van der Waals surface area contributed by atoms with Crippen molar-refractivity contribution in [2.75, 3.05) is 19.9 Å². The van der Waals surface area contributed by atoms with Gasteiger partial charge in [-0.05, 0) is 50.5 Å². The molecule has 3 rings (SSSR count). The van der Waals surface area contributed by atoms with Gasteiger partial charge in [-0.2, -0.15) is 0 Å². The Morgan fingerprint density at radius 3 is 2.67 bits per heavy atom.